The first-order chi connectivity index (χ1) is 11.3. The molecule has 0 fully saturated rings. The van der Waals surface area contributed by atoms with Gasteiger partial charge in [0, 0.05) is 0 Å². The van der Waals surface area contributed by atoms with Gasteiger partial charge in [0.2, 0.25) is 0 Å². The molecule has 0 heterocycles. The molecular formula is C21H16OSe. The van der Waals surface area contributed by atoms with E-state index in [1.165, 1.54) is 30.5 Å². The van der Waals surface area contributed by atoms with E-state index in [9.17, 15) is 0 Å². The van der Waals surface area contributed by atoms with E-state index in [-0.39, 0.29) is 15.0 Å². The van der Waals surface area contributed by atoms with Crippen molar-refractivity contribution >= 4 is 45.4 Å². The molecule has 2 heteroatoms. The Morgan fingerprint density at radius 1 is 0.696 bits per heavy atom. The van der Waals surface area contributed by atoms with Crippen LogP contribution in [0.4, 0.5) is 0 Å². The molecule has 4 aromatic carbocycles. The molecule has 1 nitrogen and oxygen atoms in total. The summed E-state index contributed by atoms with van der Waals surface area (Å²) in [5.74, 6) is 0.915. The van der Waals surface area contributed by atoms with Crippen molar-refractivity contribution in [1.82, 2.24) is 0 Å². The van der Waals surface area contributed by atoms with Gasteiger partial charge in [-0.05, 0) is 0 Å². The molecule has 0 radical (unpaired) electrons. The summed E-state index contributed by atoms with van der Waals surface area (Å²) >= 11 is 0.274. The van der Waals surface area contributed by atoms with E-state index in [1.807, 2.05) is 6.07 Å². The SMILES string of the molecule is COc1ccc2c(c1)c([Se]c1ccccc1)cc1ccccc12. The summed E-state index contributed by atoms with van der Waals surface area (Å²) in [6.45, 7) is 0. The zero-order valence-corrected chi connectivity index (χ0v) is 14.5. The molecule has 23 heavy (non-hydrogen) atoms. The van der Waals surface area contributed by atoms with Crippen molar-refractivity contribution in [2.24, 2.45) is 0 Å². The summed E-state index contributed by atoms with van der Waals surface area (Å²) in [7, 11) is 1.73. The van der Waals surface area contributed by atoms with Crippen LogP contribution in [0.2, 0.25) is 0 Å². The van der Waals surface area contributed by atoms with Crippen molar-refractivity contribution in [3.8, 4) is 5.75 Å². The van der Waals surface area contributed by atoms with Gasteiger partial charge in [-0.1, -0.05) is 0 Å². The van der Waals surface area contributed by atoms with Crippen LogP contribution in [0.1, 0.15) is 0 Å². The molecule has 0 aliphatic carbocycles. The molecule has 0 amide bonds. The van der Waals surface area contributed by atoms with Crippen molar-refractivity contribution < 1.29 is 4.74 Å². The molecule has 0 aromatic heterocycles. The predicted molar refractivity (Wildman–Crippen MR) is 99.5 cm³/mol. The van der Waals surface area contributed by atoms with Gasteiger partial charge < -0.3 is 0 Å². The normalized spacial score (nSPS) is 11.0. The Balaban J connectivity index is 1.99. The quantitative estimate of drug-likeness (QED) is 0.399. The Morgan fingerprint density at radius 3 is 2.30 bits per heavy atom. The Morgan fingerprint density at radius 2 is 1.48 bits per heavy atom. The molecule has 0 saturated carbocycles. The third-order valence-corrected chi connectivity index (χ3v) is 6.24. The summed E-state index contributed by atoms with van der Waals surface area (Å²) in [6.07, 6.45) is 0. The first kappa shape index (κ1) is 14.3. The van der Waals surface area contributed by atoms with Gasteiger partial charge in [-0.2, -0.15) is 0 Å². The molecule has 0 unspecified atom stereocenters. The molecule has 0 aliphatic rings. The maximum absolute atomic E-state index is 5.45. The number of hydrogen-bond acceptors (Lipinski definition) is 1. The third-order valence-electron chi connectivity index (χ3n) is 4.00. The van der Waals surface area contributed by atoms with Crippen LogP contribution in [0.15, 0.2) is 78.9 Å². The van der Waals surface area contributed by atoms with Crippen molar-refractivity contribution in [2.75, 3.05) is 7.11 Å². The van der Waals surface area contributed by atoms with E-state index in [4.69, 9.17) is 4.74 Å². The molecule has 4 rings (SSSR count). The van der Waals surface area contributed by atoms with E-state index in [2.05, 4.69) is 72.8 Å². The van der Waals surface area contributed by atoms with Gasteiger partial charge in [-0.15, -0.1) is 0 Å². The first-order valence-corrected chi connectivity index (χ1v) is 9.29. The minimum absolute atomic E-state index is 0.274. The summed E-state index contributed by atoms with van der Waals surface area (Å²) in [6, 6.07) is 28.1. The molecule has 0 bridgehead atoms. The van der Waals surface area contributed by atoms with Gasteiger partial charge in [0.15, 0.2) is 0 Å². The standard InChI is InChI=1S/C21H16OSe/c1-22-16-11-12-19-18-10-6-5-7-15(18)13-21(20(19)14-16)23-17-8-3-2-4-9-17/h2-14H,1H3. The molecule has 0 atom stereocenters. The molecule has 112 valence electrons. The number of methoxy groups -OCH3 is 1. The Hall–Kier alpha value is -2.28. The number of rotatable bonds is 3. The van der Waals surface area contributed by atoms with Gasteiger partial charge >= 0.3 is 142 Å². The van der Waals surface area contributed by atoms with E-state index in [1.54, 1.807) is 7.11 Å². The summed E-state index contributed by atoms with van der Waals surface area (Å²) in [5.41, 5.74) is 0. The third kappa shape index (κ3) is 2.72. The zero-order valence-electron chi connectivity index (χ0n) is 12.8. The molecule has 0 saturated heterocycles. The number of benzene rings is 4. The van der Waals surface area contributed by atoms with Gasteiger partial charge in [-0.3, -0.25) is 0 Å². The van der Waals surface area contributed by atoms with E-state index in [0.717, 1.165) is 5.75 Å². The fourth-order valence-electron chi connectivity index (χ4n) is 2.88. The summed E-state index contributed by atoms with van der Waals surface area (Å²) in [5, 5.41) is 5.21. The van der Waals surface area contributed by atoms with Gasteiger partial charge in [-0.25, -0.2) is 0 Å². The van der Waals surface area contributed by atoms with Crippen molar-refractivity contribution in [3.63, 3.8) is 0 Å². The van der Waals surface area contributed by atoms with Gasteiger partial charge in [0.25, 0.3) is 0 Å². The molecule has 0 aliphatic heterocycles. The van der Waals surface area contributed by atoms with Gasteiger partial charge in [0.1, 0.15) is 0 Å². The van der Waals surface area contributed by atoms with Crippen molar-refractivity contribution in [1.29, 1.82) is 0 Å². The zero-order chi connectivity index (χ0) is 15.6. The average molecular weight is 363 g/mol. The average Bonchev–Trinajstić information content (AvgIpc) is 2.62. The fraction of sp³-hybridized carbons (Fsp3) is 0.0476. The molecule has 0 N–H and O–H groups in total. The van der Waals surface area contributed by atoms with Crippen LogP contribution >= 0.6 is 0 Å². The molecule has 0 spiro atoms. The summed E-state index contributed by atoms with van der Waals surface area (Å²) in [4.78, 5) is 0. The number of fused-ring (bicyclic) bond motifs is 3. The second kappa shape index (κ2) is 6.08. The van der Waals surface area contributed by atoms with Gasteiger partial charge in [0.05, 0.1) is 0 Å². The van der Waals surface area contributed by atoms with Crippen LogP contribution in [-0.2, 0) is 0 Å². The van der Waals surface area contributed by atoms with E-state index < -0.39 is 0 Å². The monoisotopic (exact) mass is 364 g/mol. The Bertz CT molecular complexity index is 977. The first-order valence-electron chi connectivity index (χ1n) is 7.57. The van der Waals surface area contributed by atoms with Crippen LogP contribution in [0.25, 0.3) is 21.5 Å². The van der Waals surface area contributed by atoms with Crippen LogP contribution in [0, 0.1) is 0 Å². The van der Waals surface area contributed by atoms with Crippen LogP contribution in [-0.4, -0.2) is 22.1 Å². The second-order valence-corrected chi connectivity index (χ2v) is 7.76. The molecule has 4 aromatic rings. The molecular weight excluding hydrogens is 347 g/mol. The summed E-state index contributed by atoms with van der Waals surface area (Å²) < 4.78 is 8.23. The second-order valence-electron chi connectivity index (χ2n) is 5.42. The topological polar surface area (TPSA) is 9.23 Å². The van der Waals surface area contributed by atoms with Crippen molar-refractivity contribution in [2.45, 2.75) is 0 Å². The Kier molecular flexibility index (Phi) is 3.78. The maximum atomic E-state index is 5.45. The van der Waals surface area contributed by atoms with E-state index in [0.29, 0.717) is 0 Å². The van der Waals surface area contributed by atoms with E-state index >= 15 is 0 Å². The van der Waals surface area contributed by atoms with Crippen LogP contribution < -0.4 is 13.7 Å². The minimum atomic E-state index is 0.274. The Labute approximate surface area is 142 Å². The number of ether oxygens (including phenoxy) is 1. The van der Waals surface area contributed by atoms with Crippen LogP contribution in [0.5, 0.6) is 5.75 Å². The number of hydrogen-bond donors (Lipinski definition) is 0. The predicted octanol–water partition coefficient (Wildman–Crippen LogP) is 3.66. The van der Waals surface area contributed by atoms with Crippen molar-refractivity contribution in [3.05, 3.63) is 78.9 Å². The van der Waals surface area contributed by atoms with Crippen LogP contribution in [0.3, 0.4) is 0 Å². The fourth-order valence-corrected chi connectivity index (χ4v) is 5.00.